The van der Waals surface area contributed by atoms with E-state index in [-0.39, 0.29) is 0 Å². The summed E-state index contributed by atoms with van der Waals surface area (Å²) in [6.07, 6.45) is 5.39. The highest BCUT2D eigenvalue weighted by atomic mass is 15.3. The third-order valence-electron chi connectivity index (χ3n) is 2.25. The predicted molar refractivity (Wildman–Crippen MR) is 63.0 cm³/mol. The van der Waals surface area contributed by atoms with Crippen LogP contribution in [0.25, 0.3) is 0 Å². The molecule has 16 heavy (non-hydrogen) atoms. The average molecular weight is 219 g/mol. The van der Waals surface area contributed by atoms with Crippen LogP contribution in [0.5, 0.6) is 0 Å². The Morgan fingerprint density at radius 1 is 1.44 bits per heavy atom. The SMILES string of the molecule is CC(C)Cn1nccc1NCc1ncc[nH]1. The second-order valence-corrected chi connectivity index (χ2v) is 4.18. The molecule has 0 aliphatic rings. The quantitative estimate of drug-likeness (QED) is 0.807. The minimum absolute atomic E-state index is 0.587. The Balaban J connectivity index is 1.96. The fraction of sp³-hybridized carbons (Fsp3) is 0.455. The van der Waals surface area contributed by atoms with E-state index in [2.05, 4.69) is 34.2 Å². The molecule has 0 saturated heterocycles. The first-order valence-electron chi connectivity index (χ1n) is 5.49. The summed E-state index contributed by atoms with van der Waals surface area (Å²) in [4.78, 5) is 7.22. The van der Waals surface area contributed by atoms with Crippen LogP contribution in [0.1, 0.15) is 19.7 Å². The standard InChI is InChI=1S/C11H17N5/c1-9(2)8-16-11(3-4-15-16)14-7-10-12-5-6-13-10/h3-6,9,14H,7-8H2,1-2H3,(H,12,13). The zero-order chi connectivity index (χ0) is 11.4. The minimum Gasteiger partial charge on any atom is -0.363 e. The van der Waals surface area contributed by atoms with Gasteiger partial charge in [-0.25, -0.2) is 9.67 Å². The molecule has 2 aromatic rings. The molecule has 0 fully saturated rings. The summed E-state index contributed by atoms with van der Waals surface area (Å²) in [5.41, 5.74) is 0. The number of rotatable bonds is 5. The molecular weight excluding hydrogens is 202 g/mol. The highest BCUT2D eigenvalue weighted by molar-refractivity contribution is 5.33. The van der Waals surface area contributed by atoms with Crippen LogP contribution < -0.4 is 5.32 Å². The summed E-state index contributed by atoms with van der Waals surface area (Å²) in [5.74, 6) is 2.55. The van der Waals surface area contributed by atoms with Crippen molar-refractivity contribution in [3.05, 3.63) is 30.5 Å². The monoisotopic (exact) mass is 219 g/mol. The molecule has 0 aliphatic heterocycles. The van der Waals surface area contributed by atoms with Gasteiger partial charge >= 0.3 is 0 Å². The Bertz CT molecular complexity index is 415. The Labute approximate surface area is 94.9 Å². The fourth-order valence-corrected chi connectivity index (χ4v) is 1.54. The summed E-state index contributed by atoms with van der Waals surface area (Å²) >= 11 is 0. The highest BCUT2D eigenvalue weighted by Crippen LogP contribution is 2.09. The highest BCUT2D eigenvalue weighted by Gasteiger charge is 2.04. The molecule has 0 radical (unpaired) electrons. The van der Waals surface area contributed by atoms with E-state index in [4.69, 9.17) is 0 Å². The average Bonchev–Trinajstić information content (AvgIpc) is 2.84. The number of hydrogen-bond donors (Lipinski definition) is 2. The van der Waals surface area contributed by atoms with Crippen LogP contribution in [0.2, 0.25) is 0 Å². The van der Waals surface area contributed by atoms with E-state index >= 15 is 0 Å². The molecule has 86 valence electrons. The number of nitrogens with one attached hydrogen (secondary N) is 2. The minimum atomic E-state index is 0.587. The summed E-state index contributed by atoms with van der Waals surface area (Å²) in [7, 11) is 0. The lowest BCUT2D eigenvalue weighted by Crippen LogP contribution is -2.11. The molecule has 0 spiro atoms. The maximum absolute atomic E-state index is 4.28. The number of imidazole rings is 1. The van der Waals surface area contributed by atoms with Crippen LogP contribution in [-0.4, -0.2) is 19.7 Å². The molecule has 0 unspecified atom stereocenters. The van der Waals surface area contributed by atoms with Gasteiger partial charge in [0, 0.05) is 25.0 Å². The van der Waals surface area contributed by atoms with Crippen LogP contribution in [0.15, 0.2) is 24.7 Å². The number of nitrogens with zero attached hydrogens (tertiary/aromatic N) is 3. The smallest absolute Gasteiger partial charge is 0.125 e. The van der Waals surface area contributed by atoms with E-state index in [1.165, 1.54) is 0 Å². The van der Waals surface area contributed by atoms with E-state index < -0.39 is 0 Å². The third kappa shape index (κ3) is 2.62. The number of aromatic nitrogens is 4. The lowest BCUT2D eigenvalue weighted by Gasteiger charge is -2.10. The number of aromatic amines is 1. The van der Waals surface area contributed by atoms with Crippen LogP contribution in [0.4, 0.5) is 5.82 Å². The van der Waals surface area contributed by atoms with Crippen molar-refractivity contribution < 1.29 is 0 Å². The van der Waals surface area contributed by atoms with E-state index in [1.807, 2.05) is 23.1 Å². The maximum Gasteiger partial charge on any atom is 0.125 e. The molecule has 0 amide bonds. The molecule has 2 N–H and O–H groups in total. The van der Waals surface area contributed by atoms with Gasteiger partial charge in [0.25, 0.3) is 0 Å². The van der Waals surface area contributed by atoms with Crippen molar-refractivity contribution in [2.75, 3.05) is 5.32 Å². The van der Waals surface area contributed by atoms with Gasteiger partial charge in [-0.2, -0.15) is 5.10 Å². The summed E-state index contributed by atoms with van der Waals surface area (Å²) in [6.45, 7) is 5.97. The first kappa shape index (κ1) is 10.7. The van der Waals surface area contributed by atoms with Crippen LogP contribution >= 0.6 is 0 Å². The summed E-state index contributed by atoms with van der Waals surface area (Å²) in [6, 6.07) is 1.98. The number of anilines is 1. The van der Waals surface area contributed by atoms with Gasteiger partial charge in [0.05, 0.1) is 12.7 Å². The molecule has 5 nitrogen and oxygen atoms in total. The molecular formula is C11H17N5. The molecule has 2 rings (SSSR count). The molecule has 2 heterocycles. The normalized spacial score (nSPS) is 10.9. The predicted octanol–water partition coefficient (Wildman–Crippen LogP) is 1.87. The lowest BCUT2D eigenvalue weighted by molar-refractivity contribution is 0.486. The Hall–Kier alpha value is -1.78. The zero-order valence-electron chi connectivity index (χ0n) is 9.64. The second-order valence-electron chi connectivity index (χ2n) is 4.18. The molecule has 0 aromatic carbocycles. The second kappa shape index (κ2) is 4.83. The van der Waals surface area contributed by atoms with Crippen LogP contribution in [0, 0.1) is 5.92 Å². The first-order valence-corrected chi connectivity index (χ1v) is 5.49. The molecule has 0 aliphatic carbocycles. The van der Waals surface area contributed by atoms with Crippen molar-refractivity contribution in [1.82, 2.24) is 19.7 Å². The topological polar surface area (TPSA) is 58.5 Å². The number of hydrogen-bond acceptors (Lipinski definition) is 3. The van der Waals surface area contributed by atoms with Gasteiger partial charge in [0.15, 0.2) is 0 Å². The van der Waals surface area contributed by atoms with Gasteiger partial charge in [-0.3, -0.25) is 0 Å². The van der Waals surface area contributed by atoms with E-state index in [0.717, 1.165) is 18.2 Å². The van der Waals surface area contributed by atoms with Crippen molar-refractivity contribution in [3.63, 3.8) is 0 Å². The molecule has 2 aromatic heterocycles. The van der Waals surface area contributed by atoms with Crippen molar-refractivity contribution in [3.8, 4) is 0 Å². The van der Waals surface area contributed by atoms with Crippen molar-refractivity contribution >= 4 is 5.82 Å². The van der Waals surface area contributed by atoms with E-state index in [9.17, 15) is 0 Å². The maximum atomic E-state index is 4.28. The van der Waals surface area contributed by atoms with Crippen LogP contribution in [0.3, 0.4) is 0 Å². The van der Waals surface area contributed by atoms with E-state index in [0.29, 0.717) is 12.5 Å². The van der Waals surface area contributed by atoms with Crippen molar-refractivity contribution in [2.24, 2.45) is 5.92 Å². The van der Waals surface area contributed by atoms with Crippen molar-refractivity contribution in [2.45, 2.75) is 26.9 Å². The van der Waals surface area contributed by atoms with Gasteiger partial charge in [-0.1, -0.05) is 13.8 Å². The molecule has 0 bridgehead atoms. The van der Waals surface area contributed by atoms with Gasteiger partial charge in [-0.15, -0.1) is 0 Å². The Morgan fingerprint density at radius 2 is 2.31 bits per heavy atom. The van der Waals surface area contributed by atoms with Gasteiger partial charge in [0.2, 0.25) is 0 Å². The third-order valence-corrected chi connectivity index (χ3v) is 2.25. The van der Waals surface area contributed by atoms with Crippen molar-refractivity contribution in [1.29, 1.82) is 0 Å². The van der Waals surface area contributed by atoms with E-state index in [1.54, 1.807) is 6.20 Å². The molecule has 0 atom stereocenters. The lowest BCUT2D eigenvalue weighted by atomic mass is 10.2. The fourth-order valence-electron chi connectivity index (χ4n) is 1.54. The number of H-pyrrole nitrogens is 1. The summed E-state index contributed by atoms with van der Waals surface area (Å²) in [5, 5.41) is 7.59. The molecule has 5 heteroatoms. The molecule has 0 saturated carbocycles. The zero-order valence-corrected chi connectivity index (χ0v) is 9.64. The van der Waals surface area contributed by atoms with Gasteiger partial charge in [0.1, 0.15) is 11.6 Å². The van der Waals surface area contributed by atoms with Crippen LogP contribution in [-0.2, 0) is 13.1 Å². The Kier molecular flexibility index (Phi) is 3.24. The largest absolute Gasteiger partial charge is 0.363 e. The summed E-state index contributed by atoms with van der Waals surface area (Å²) < 4.78 is 1.98. The first-order chi connectivity index (χ1) is 7.75. The Morgan fingerprint density at radius 3 is 3.00 bits per heavy atom. The van der Waals surface area contributed by atoms with Gasteiger partial charge in [-0.05, 0) is 5.92 Å². The van der Waals surface area contributed by atoms with Gasteiger partial charge < -0.3 is 10.3 Å².